The minimum absolute atomic E-state index is 0.0985. The first kappa shape index (κ1) is 13.9. The van der Waals surface area contributed by atoms with E-state index in [9.17, 15) is 14.4 Å². The number of hydrogen-bond acceptors (Lipinski definition) is 3. The van der Waals surface area contributed by atoms with Gasteiger partial charge in [0.05, 0.1) is 27.7 Å². The fraction of sp³-hybridized carbons (Fsp3) is 0.0714. The molecule has 0 radical (unpaired) electrons. The van der Waals surface area contributed by atoms with E-state index in [1.807, 2.05) is 0 Å². The third-order valence-electron chi connectivity index (χ3n) is 3.18. The van der Waals surface area contributed by atoms with Crippen LogP contribution in [0.5, 0.6) is 0 Å². The number of rotatable bonds is 1. The van der Waals surface area contributed by atoms with E-state index in [0.29, 0.717) is 0 Å². The quantitative estimate of drug-likeness (QED) is 0.816. The highest BCUT2D eigenvalue weighted by Crippen LogP contribution is 2.29. The van der Waals surface area contributed by atoms with Crippen LogP contribution in [0.4, 0.5) is 0 Å². The van der Waals surface area contributed by atoms with Crippen LogP contribution in [-0.4, -0.2) is 16.4 Å². The molecule has 0 atom stereocenters. The SMILES string of the molecule is O=C1Cc2c(ccc(=O)n2-c2c(Cl)cccc2Cl)C(=O)N1. The summed E-state index contributed by atoms with van der Waals surface area (Å²) in [6, 6.07) is 7.44. The number of pyridine rings is 1. The zero-order chi connectivity index (χ0) is 15.1. The Balaban J connectivity index is 2.39. The highest BCUT2D eigenvalue weighted by molar-refractivity contribution is 6.37. The lowest BCUT2D eigenvalue weighted by atomic mass is 10.0. The molecule has 2 heterocycles. The molecule has 0 unspecified atom stereocenters. The summed E-state index contributed by atoms with van der Waals surface area (Å²) in [5.74, 6) is -1.02. The van der Waals surface area contributed by atoms with Crippen LogP contribution in [0.25, 0.3) is 5.69 Å². The predicted molar refractivity (Wildman–Crippen MR) is 78.2 cm³/mol. The van der Waals surface area contributed by atoms with Crippen LogP contribution in [0.15, 0.2) is 35.1 Å². The van der Waals surface area contributed by atoms with Gasteiger partial charge in [0.2, 0.25) is 5.91 Å². The van der Waals surface area contributed by atoms with Gasteiger partial charge in [-0.15, -0.1) is 0 Å². The molecule has 1 aromatic heterocycles. The second kappa shape index (κ2) is 5.02. The van der Waals surface area contributed by atoms with E-state index in [2.05, 4.69) is 5.32 Å². The van der Waals surface area contributed by atoms with Crippen molar-refractivity contribution in [3.8, 4) is 5.69 Å². The Morgan fingerprint density at radius 1 is 1.00 bits per heavy atom. The molecule has 1 aromatic carbocycles. The number of nitrogens with zero attached hydrogens (tertiary/aromatic N) is 1. The summed E-state index contributed by atoms with van der Waals surface area (Å²) in [5.41, 5.74) is 0.396. The van der Waals surface area contributed by atoms with E-state index < -0.39 is 17.4 Å². The van der Waals surface area contributed by atoms with Crippen LogP contribution in [0.2, 0.25) is 10.0 Å². The van der Waals surface area contributed by atoms with E-state index in [-0.39, 0.29) is 33.4 Å². The van der Waals surface area contributed by atoms with Crippen molar-refractivity contribution in [1.29, 1.82) is 0 Å². The maximum Gasteiger partial charge on any atom is 0.259 e. The van der Waals surface area contributed by atoms with Gasteiger partial charge in [0.1, 0.15) is 0 Å². The molecule has 2 amide bonds. The normalized spacial score (nSPS) is 13.8. The maximum absolute atomic E-state index is 12.2. The largest absolute Gasteiger partial charge is 0.292 e. The van der Waals surface area contributed by atoms with Gasteiger partial charge in [-0.2, -0.15) is 0 Å². The topological polar surface area (TPSA) is 68.2 Å². The molecule has 1 aliphatic heterocycles. The number of amides is 2. The monoisotopic (exact) mass is 322 g/mol. The lowest BCUT2D eigenvalue weighted by molar-refractivity contribution is -0.119. The first-order valence-corrected chi connectivity index (χ1v) is 6.78. The Morgan fingerprint density at radius 3 is 2.33 bits per heavy atom. The molecule has 0 spiro atoms. The summed E-state index contributed by atoms with van der Waals surface area (Å²) in [6.45, 7) is 0. The molecular weight excluding hydrogens is 315 g/mol. The first-order chi connectivity index (χ1) is 9.99. The molecule has 106 valence electrons. The summed E-state index contributed by atoms with van der Waals surface area (Å²) >= 11 is 12.2. The molecule has 0 aliphatic carbocycles. The van der Waals surface area contributed by atoms with Gasteiger partial charge in [0, 0.05) is 11.8 Å². The van der Waals surface area contributed by atoms with E-state index in [0.717, 1.165) is 0 Å². The molecule has 7 heteroatoms. The van der Waals surface area contributed by atoms with Crippen LogP contribution in [0.1, 0.15) is 16.1 Å². The lowest BCUT2D eigenvalue weighted by Gasteiger charge is -2.21. The second-order valence-electron chi connectivity index (χ2n) is 4.49. The number of para-hydroxylation sites is 1. The van der Waals surface area contributed by atoms with Crippen molar-refractivity contribution in [2.45, 2.75) is 6.42 Å². The van der Waals surface area contributed by atoms with Crippen LogP contribution >= 0.6 is 23.2 Å². The van der Waals surface area contributed by atoms with Gasteiger partial charge in [-0.3, -0.25) is 24.3 Å². The van der Waals surface area contributed by atoms with E-state index in [1.54, 1.807) is 18.2 Å². The fourth-order valence-electron chi connectivity index (χ4n) is 2.30. The van der Waals surface area contributed by atoms with Crippen molar-refractivity contribution < 1.29 is 9.59 Å². The third kappa shape index (κ3) is 2.24. The van der Waals surface area contributed by atoms with E-state index >= 15 is 0 Å². The van der Waals surface area contributed by atoms with Crippen molar-refractivity contribution in [3.05, 3.63) is 62.0 Å². The van der Waals surface area contributed by atoms with Gasteiger partial charge >= 0.3 is 0 Å². The summed E-state index contributed by atoms with van der Waals surface area (Å²) in [5, 5.41) is 2.72. The van der Waals surface area contributed by atoms with Crippen LogP contribution in [0, 0.1) is 0 Å². The zero-order valence-electron chi connectivity index (χ0n) is 10.5. The van der Waals surface area contributed by atoms with Crippen molar-refractivity contribution in [2.24, 2.45) is 0 Å². The van der Waals surface area contributed by atoms with Gasteiger partial charge in [-0.1, -0.05) is 29.3 Å². The van der Waals surface area contributed by atoms with Crippen molar-refractivity contribution >= 4 is 35.0 Å². The van der Waals surface area contributed by atoms with E-state index in [1.165, 1.54) is 16.7 Å². The summed E-state index contributed by atoms with van der Waals surface area (Å²) < 4.78 is 1.22. The molecule has 3 rings (SSSR count). The molecule has 0 bridgehead atoms. The summed E-state index contributed by atoms with van der Waals surface area (Å²) in [7, 11) is 0. The third-order valence-corrected chi connectivity index (χ3v) is 3.79. The number of carbonyl (C=O) groups is 2. The van der Waals surface area contributed by atoms with Gasteiger partial charge in [-0.25, -0.2) is 0 Å². The zero-order valence-corrected chi connectivity index (χ0v) is 12.0. The Hall–Kier alpha value is -2.11. The Bertz CT molecular complexity index is 822. The van der Waals surface area contributed by atoms with Gasteiger partial charge in [-0.05, 0) is 18.2 Å². The Morgan fingerprint density at radius 2 is 1.67 bits per heavy atom. The summed E-state index contributed by atoms with van der Waals surface area (Å²) in [6.07, 6.45) is -0.0985. The van der Waals surface area contributed by atoms with Gasteiger partial charge < -0.3 is 0 Å². The molecule has 0 saturated carbocycles. The number of fused-ring (bicyclic) bond motifs is 1. The Labute approximate surface area is 129 Å². The number of hydrogen-bond donors (Lipinski definition) is 1. The lowest BCUT2D eigenvalue weighted by Crippen LogP contribution is -2.40. The predicted octanol–water partition coefficient (Wildman–Crippen LogP) is 1.96. The molecule has 2 aromatic rings. The van der Waals surface area contributed by atoms with Gasteiger partial charge in [0.25, 0.3) is 11.5 Å². The minimum Gasteiger partial charge on any atom is -0.292 e. The molecule has 0 fully saturated rings. The van der Waals surface area contributed by atoms with Crippen molar-refractivity contribution in [2.75, 3.05) is 0 Å². The first-order valence-electron chi connectivity index (χ1n) is 6.02. The molecule has 1 N–H and O–H groups in total. The number of benzene rings is 1. The average molecular weight is 323 g/mol. The second-order valence-corrected chi connectivity index (χ2v) is 5.31. The smallest absolute Gasteiger partial charge is 0.259 e. The standard InChI is InChI=1S/C14H8Cl2N2O3/c15-8-2-1-3-9(16)13(8)18-10-6-11(19)17-14(21)7(10)4-5-12(18)20/h1-5H,6H2,(H,17,19,21). The molecule has 1 aliphatic rings. The van der Waals surface area contributed by atoms with Crippen LogP contribution < -0.4 is 10.9 Å². The molecule has 5 nitrogen and oxygen atoms in total. The molecule has 21 heavy (non-hydrogen) atoms. The average Bonchev–Trinajstić information content (AvgIpc) is 2.40. The maximum atomic E-state index is 12.2. The van der Waals surface area contributed by atoms with E-state index in [4.69, 9.17) is 23.2 Å². The number of aromatic nitrogens is 1. The fourth-order valence-corrected chi connectivity index (χ4v) is 2.86. The highest BCUT2D eigenvalue weighted by atomic mass is 35.5. The summed E-state index contributed by atoms with van der Waals surface area (Å²) in [4.78, 5) is 35.6. The minimum atomic E-state index is -0.543. The van der Waals surface area contributed by atoms with Crippen molar-refractivity contribution in [3.63, 3.8) is 0 Å². The number of nitrogens with one attached hydrogen (secondary N) is 1. The number of halogens is 2. The van der Waals surface area contributed by atoms with Crippen LogP contribution in [-0.2, 0) is 11.2 Å². The molecule has 0 saturated heterocycles. The highest BCUT2D eigenvalue weighted by Gasteiger charge is 2.27. The number of carbonyl (C=O) groups excluding carboxylic acids is 2. The van der Waals surface area contributed by atoms with Crippen molar-refractivity contribution in [1.82, 2.24) is 9.88 Å². The van der Waals surface area contributed by atoms with Crippen LogP contribution in [0.3, 0.4) is 0 Å². The molecular formula is C14H8Cl2N2O3. The number of imide groups is 1. The van der Waals surface area contributed by atoms with Gasteiger partial charge in [0.15, 0.2) is 0 Å². The Kier molecular flexibility index (Phi) is 3.31.